The lowest BCUT2D eigenvalue weighted by atomic mass is 9.98. The van der Waals surface area contributed by atoms with Gasteiger partial charge in [-0.15, -0.1) is 0 Å². The number of nitrogens with zero attached hydrogens (tertiary/aromatic N) is 3. The van der Waals surface area contributed by atoms with Crippen LogP contribution in [0, 0.1) is 0 Å². The first-order valence-corrected chi connectivity index (χ1v) is 8.92. The topological polar surface area (TPSA) is 38.1 Å². The highest BCUT2D eigenvalue weighted by Crippen LogP contribution is 2.26. The number of thioether (sulfide) groups is 1. The number of carbonyl (C=O) groups is 1. The first kappa shape index (κ1) is 15.4. The van der Waals surface area contributed by atoms with E-state index in [0.717, 1.165) is 29.0 Å². The number of fused-ring (bicyclic) bond motifs is 1. The normalized spacial score (nSPS) is 22.2. The van der Waals surface area contributed by atoms with Crippen LogP contribution in [-0.2, 0) is 11.8 Å². The molecule has 0 bridgehead atoms. The summed E-state index contributed by atoms with van der Waals surface area (Å²) in [4.78, 5) is 19.3. The van der Waals surface area contributed by atoms with Crippen LogP contribution < -0.4 is 0 Å². The van der Waals surface area contributed by atoms with Crippen molar-refractivity contribution in [3.05, 3.63) is 24.3 Å². The van der Waals surface area contributed by atoms with Gasteiger partial charge in [0.25, 0.3) is 0 Å². The molecule has 2 heterocycles. The molecule has 1 aromatic heterocycles. The zero-order valence-electron chi connectivity index (χ0n) is 13.5. The molecule has 0 N–H and O–H groups in total. The smallest absolute Gasteiger partial charge is 0.233 e. The van der Waals surface area contributed by atoms with Crippen molar-refractivity contribution in [3.8, 4) is 0 Å². The van der Waals surface area contributed by atoms with Gasteiger partial charge in [-0.25, -0.2) is 4.98 Å². The number of benzene rings is 1. The van der Waals surface area contributed by atoms with Gasteiger partial charge in [0, 0.05) is 19.1 Å². The number of aromatic nitrogens is 2. The van der Waals surface area contributed by atoms with Crippen molar-refractivity contribution in [2.45, 2.75) is 50.4 Å². The molecule has 1 aliphatic rings. The maximum absolute atomic E-state index is 12.6. The standard InChI is InChI=1S/C17H23N3OS/c1-12-7-6-8-13(2)20(12)16(21)11-22-17-18-14-9-4-5-10-15(14)19(17)3/h4-5,9-10,12-13H,6-8,11H2,1-3H3. The molecule has 3 rings (SSSR count). The highest BCUT2D eigenvalue weighted by molar-refractivity contribution is 7.99. The Balaban J connectivity index is 1.71. The summed E-state index contributed by atoms with van der Waals surface area (Å²) >= 11 is 1.54. The van der Waals surface area contributed by atoms with Crippen molar-refractivity contribution in [1.82, 2.24) is 14.5 Å². The number of aryl methyl sites for hydroxylation is 1. The number of carbonyl (C=O) groups excluding carboxylic acids is 1. The molecule has 0 aliphatic carbocycles. The number of rotatable bonds is 3. The minimum atomic E-state index is 0.233. The predicted molar refractivity (Wildman–Crippen MR) is 91.1 cm³/mol. The third kappa shape index (κ3) is 2.86. The fraction of sp³-hybridized carbons (Fsp3) is 0.529. The largest absolute Gasteiger partial charge is 0.337 e. The van der Waals surface area contributed by atoms with Crippen LogP contribution in [-0.4, -0.2) is 38.2 Å². The van der Waals surface area contributed by atoms with Crippen LogP contribution in [0.4, 0.5) is 0 Å². The molecule has 1 aromatic carbocycles. The Hall–Kier alpha value is -1.49. The SMILES string of the molecule is CC1CCCC(C)N1C(=O)CSc1nc2ccccc2n1C. The number of piperidine rings is 1. The molecule has 0 spiro atoms. The Morgan fingerprint density at radius 2 is 1.95 bits per heavy atom. The number of hydrogen-bond acceptors (Lipinski definition) is 3. The van der Waals surface area contributed by atoms with E-state index in [9.17, 15) is 4.79 Å². The lowest BCUT2D eigenvalue weighted by Crippen LogP contribution is -2.48. The average molecular weight is 317 g/mol. The molecule has 1 amide bonds. The monoisotopic (exact) mass is 317 g/mol. The quantitative estimate of drug-likeness (QED) is 0.814. The van der Waals surface area contributed by atoms with Crippen LogP contribution in [0.25, 0.3) is 11.0 Å². The molecule has 4 nitrogen and oxygen atoms in total. The van der Waals surface area contributed by atoms with Crippen molar-refractivity contribution in [2.75, 3.05) is 5.75 Å². The number of imidazole rings is 1. The van der Waals surface area contributed by atoms with Crippen LogP contribution in [0.15, 0.2) is 29.4 Å². The fourth-order valence-electron chi connectivity index (χ4n) is 3.37. The minimum Gasteiger partial charge on any atom is -0.337 e. The molecular weight excluding hydrogens is 294 g/mol. The summed E-state index contributed by atoms with van der Waals surface area (Å²) in [6.45, 7) is 4.32. The highest BCUT2D eigenvalue weighted by atomic mass is 32.2. The molecular formula is C17H23N3OS. The molecule has 5 heteroatoms. The van der Waals surface area contributed by atoms with Crippen molar-refractivity contribution >= 4 is 28.7 Å². The molecule has 1 fully saturated rings. The second-order valence-corrected chi connectivity index (χ2v) is 7.10. The Bertz CT molecular complexity index is 672. The first-order valence-electron chi connectivity index (χ1n) is 7.93. The van der Waals surface area contributed by atoms with E-state index < -0.39 is 0 Å². The first-order chi connectivity index (χ1) is 10.6. The molecule has 1 aliphatic heterocycles. The Morgan fingerprint density at radius 1 is 1.27 bits per heavy atom. The Labute approximate surface area is 135 Å². The van der Waals surface area contributed by atoms with Gasteiger partial charge >= 0.3 is 0 Å². The van der Waals surface area contributed by atoms with Crippen molar-refractivity contribution < 1.29 is 4.79 Å². The summed E-state index contributed by atoms with van der Waals surface area (Å²) in [5, 5.41) is 0.909. The average Bonchev–Trinajstić information content (AvgIpc) is 2.82. The summed E-state index contributed by atoms with van der Waals surface area (Å²) in [5.74, 6) is 0.697. The summed E-state index contributed by atoms with van der Waals surface area (Å²) in [6.07, 6.45) is 3.46. The third-order valence-electron chi connectivity index (χ3n) is 4.55. The van der Waals surface area contributed by atoms with E-state index in [4.69, 9.17) is 0 Å². The van der Waals surface area contributed by atoms with E-state index in [-0.39, 0.29) is 5.91 Å². The molecule has 118 valence electrons. The number of para-hydroxylation sites is 2. The van der Waals surface area contributed by atoms with Gasteiger partial charge in [-0.2, -0.15) is 0 Å². The van der Waals surface area contributed by atoms with Crippen molar-refractivity contribution in [3.63, 3.8) is 0 Å². The summed E-state index contributed by atoms with van der Waals surface area (Å²) in [6, 6.07) is 8.79. The zero-order chi connectivity index (χ0) is 15.7. The number of amides is 1. The van der Waals surface area contributed by atoms with E-state index in [1.54, 1.807) is 0 Å². The Morgan fingerprint density at radius 3 is 2.64 bits per heavy atom. The minimum absolute atomic E-state index is 0.233. The van der Waals surface area contributed by atoms with Gasteiger partial charge in [-0.05, 0) is 45.2 Å². The molecule has 1 saturated heterocycles. The maximum atomic E-state index is 12.6. The second kappa shape index (κ2) is 6.32. The third-order valence-corrected chi connectivity index (χ3v) is 5.57. The lowest BCUT2D eigenvalue weighted by Gasteiger charge is -2.39. The van der Waals surface area contributed by atoms with Gasteiger partial charge < -0.3 is 9.47 Å². The predicted octanol–water partition coefficient (Wildman–Crippen LogP) is 3.45. The maximum Gasteiger partial charge on any atom is 0.233 e. The van der Waals surface area contributed by atoms with Gasteiger partial charge in [0.05, 0.1) is 16.8 Å². The van der Waals surface area contributed by atoms with Gasteiger partial charge in [-0.3, -0.25) is 4.79 Å². The molecule has 0 saturated carbocycles. The molecule has 22 heavy (non-hydrogen) atoms. The molecule has 2 atom stereocenters. The van der Waals surface area contributed by atoms with Crippen LogP contribution in [0.2, 0.25) is 0 Å². The van der Waals surface area contributed by atoms with Gasteiger partial charge in [0.1, 0.15) is 0 Å². The lowest BCUT2D eigenvalue weighted by molar-refractivity contribution is -0.134. The van der Waals surface area contributed by atoms with E-state index in [1.165, 1.54) is 18.2 Å². The van der Waals surface area contributed by atoms with E-state index in [0.29, 0.717) is 17.8 Å². The summed E-state index contributed by atoms with van der Waals surface area (Å²) in [5.41, 5.74) is 2.09. The zero-order valence-corrected chi connectivity index (χ0v) is 14.3. The van der Waals surface area contributed by atoms with E-state index in [2.05, 4.69) is 34.4 Å². The van der Waals surface area contributed by atoms with Gasteiger partial charge in [0.15, 0.2) is 5.16 Å². The van der Waals surface area contributed by atoms with E-state index in [1.807, 2.05) is 25.2 Å². The van der Waals surface area contributed by atoms with Crippen LogP contribution in [0.1, 0.15) is 33.1 Å². The second-order valence-electron chi connectivity index (χ2n) is 6.16. The summed E-state index contributed by atoms with van der Waals surface area (Å²) < 4.78 is 2.07. The highest BCUT2D eigenvalue weighted by Gasteiger charge is 2.28. The van der Waals surface area contributed by atoms with Crippen LogP contribution >= 0.6 is 11.8 Å². The number of hydrogen-bond donors (Lipinski definition) is 0. The number of likely N-dealkylation sites (tertiary alicyclic amines) is 1. The summed E-state index contributed by atoms with van der Waals surface area (Å²) in [7, 11) is 2.01. The van der Waals surface area contributed by atoms with E-state index >= 15 is 0 Å². The van der Waals surface area contributed by atoms with Gasteiger partial charge in [0.2, 0.25) is 5.91 Å². The fourth-order valence-corrected chi connectivity index (χ4v) is 4.22. The Kier molecular flexibility index (Phi) is 4.43. The molecule has 2 unspecified atom stereocenters. The van der Waals surface area contributed by atoms with Crippen LogP contribution in [0.3, 0.4) is 0 Å². The molecule has 0 radical (unpaired) electrons. The van der Waals surface area contributed by atoms with Crippen molar-refractivity contribution in [1.29, 1.82) is 0 Å². The van der Waals surface area contributed by atoms with Crippen molar-refractivity contribution in [2.24, 2.45) is 7.05 Å². The van der Waals surface area contributed by atoms with Gasteiger partial charge in [-0.1, -0.05) is 23.9 Å². The molecule has 2 aromatic rings. The van der Waals surface area contributed by atoms with Crippen LogP contribution in [0.5, 0.6) is 0 Å².